The van der Waals surface area contributed by atoms with Crippen LogP contribution in [0.2, 0.25) is 5.02 Å². The third-order valence-corrected chi connectivity index (χ3v) is 4.96. The Labute approximate surface area is 142 Å². The highest BCUT2D eigenvalue weighted by atomic mass is 35.5. The summed E-state index contributed by atoms with van der Waals surface area (Å²) in [5, 5.41) is 3.68. The van der Waals surface area contributed by atoms with Crippen LogP contribution in [0.1, 0.15) is 24.8 Å². The molecular weight excluding hydrogens is 308 g/mol. The second-order valence-corrected chi connectivity index (χ2v) is 6.72. The molecule has 1 aliphatic rings. The summed E-state index contributed by atoms with van der Waals surface area (Å²) in [6.07, 6.45) is 2.88. The Balaban J connectivity index is 1.82. The van der Waals surface area contributed by atoms with Crippen molar-refractivity contribution in [1.29, 1.82) is 0 Å². The fraction of sp³-hybridized carbons (Fsp3) is 0.316. The predicted octanol–water partition coefficient (Wildman–Crippen LogP) is 4.47. The molecule has 0 heterocycles. The number of hydrogen-bond donors (Lipinski definition) is 1. The van der Waals surface area contributed by atoms with Crippen molar-refractivity contribution in [3.05, 3.63) is 59.1 Å². The number of nitrogens with one attached hydrogen (secondary N) is 1. The first-order chi connectivity index (χ1) is 11.0. The smallest absolute Gasteiger partial charge is 0.235 e. The number of benzene rings is 2. The highest BCUT2D eigenvalue weighted by molar-refractivity contribution is 6.33. The van der Waals surface area contributed by atoms with Gasteiger partial charge in [0.1, 0.15) is 0 Å². The van der Waals surface area contributed by atoms with E-state index >= 15 is 0 Å². The molecule has 3 rings (SSSR count). The van der Waals surface area contributed by atoms with E-state index in [2.05, 4.69) is 5.32 Å². The Morgan fingerprint density at radius 3 is 2.35 bits per heavy atom. The highest BCUT2D eigenvalue weighted by Gasteiger charge is 2.45. The maximum Gasteiger partial charge on any atom is 0.235 e. The zero-order valence-electron chi connectivity index (χ0n) is 13.5. The third kappa shape index (κ3) is 2.93. The standard InChI is InChI=1S/C19H21ClN2O/c1-22(2)17-10-9-15(13-16(17)20)21-18(23)19(11-6-12-19)14-7-4-3-5-8-14/h3-5,7-10,13H,6,11-12H2,1-2H3,(H,21,23). The minimum absolute atomic E-state index is 0.0589. The number of amides is 1. The molecule has 3 nitrogen and oxygen atoms in total. The normalized spacial score (nSPS) is 15.6. The van der Waals surface area contributed by atoms with Gasteiger partial charge in [0.25, 0.3) is 0 Å². The van der Waals surface area contributed by atoms with E-state index in [-0.39, 0.29) is 5.91 Å². The van der Waals surface area contributed by atoms with Crippen molar-refractivity contribution in [3.8, 4) is 0 Å². The molecule has 2 aromatic carbocycles. The van der Waals surface area contributed by atoms with Gasteiger partial charge in [-0.25, -0.2) is 0 Å². The Hall–Kier alpha value is -2.00. The van der Waals surface area contributed by atoms with E-state index in [1.54, 1.807) is 0 Å². The highest BCUT2D eigenvalue weighted by Crippen LogP contribution is 2.44. The Bertz CT molecular complexity index is 709. The molecule has 120 valence electrons. The first-order valence-electron chi connectivity index (χ1n) is 7.87. The lowest BCUT2D eigenvalue weighted by molar-refractivity contribution is -0.124. The van der Waals surface area contributed by atoms with Crippen LogP contribution >= 0.6 is 11.6 Å². The SMILES string of the molecule is CN(C)c1ccc(NC(=O)C2(c3ccccc3)CCC2)cc1Cl. The van der Waals surface area contributed by atoms with Crippen LogP contribution in [0.25, 0.3) is 0 Å². The molecule has 0 bridgehead atoms. The number of halogens is 1. The summed E-state index contributed by atoms with van der Waals surface area (Å²) in [4.78, 5) is 14.8. The topological polar surface area (TPSA) is 32.3 Å². The zero-order chi connectivity index (χ0) is 16.4. The van der Waals surface area contributed by atoms with Gasteiger partial charge in [-0.3, -0.25) is 4.79 Å². The van der Waals surface area contributed by atoms with Gasteiger partial charge in [-0.2, -0.15) is 0 Å². The molecule has 23 heavy (non-hydrogen) atoms. The first-order valence-corrected chi connectivity index (χ1v) is 8.24. The first kappa shape index (κ1) is 15.9. The van der Waals surface area contributed by atoms with Crippen LogP contribution in [0.5, 0.6) is 0 Å². The van der Waals surface area contributed by atoms with Crippen LogP contribution in [-0.2, 0) is 10.2 Å². The van der Waals surface area contributed by atoms with Crippen LogP contribution in [0.4, 0.5) is 11.4 Å². The van der Waals surface area contributed by atoms with E-state index in [9.17, 15) is 4.79 Å². The van der Waals surface area contributed by atoms with E-state index in [1.165, 1.54) is 0 Å². The zero-order valence-corrected chi connectivity index (χ0v) is 14.2. The summed E-state index contributed by atoms with van der Waals surface area (Å²) < 4.78 is 0. The fourth-order valence-electron chi connectivity index (χ4n) is 3.13. The minimum Gasteiger partial charge on any atom is -0.376 e. The largest absolute Gasteiger partial charge is 0.376 e. The number of carbonyl (C=O) groups is 1. The summed E-state index contributed by atoms with van der Waals surface area (Å²) in [5.41, 5.74) is 2.38. The molecule has 1 saturated carbocycles. The monoisotopic (exact) mass is 328 g/mol. The molecule has 0 aromatic heterocycles. The number of nitrogens with zero attached hydrogens (tertiary/aromatic N) is 1. The Morgan fingerprint density at radius 1 is 1.13 bits per heavy atom. The van der Waals surface area contributed by atoms with Crippen molar-refractivity contribution in [1.82, 2.24) is 0 Å². The Morgan fingerprint density at radius 2 is 1.83 bits per heavy atom. The lowest BCUT2D eigenvalue weighted by atomic mass is 9.64. The van der Waals surface area contributed by atoms with Gasteiger partial charge in [0.05, 0.1) is 16.1 Å². The number of rotatable bonds is 4. The summed E-state index contributed by atoms with van der Waals surface area (Å²) in [6.45, 7) is 0. The van der Waals surface area contributed by atoms with Gasteiger partial charge in [-0.1, -0.05) is 48.4 Å². The van der Waals surface area contributed by atoms with Crippen LogP contribution in [0.3, 0.4) is 0 Å². The lowest BCUT2D eigenvalue weighted by Gasteiger charge is -2.40. The van der Waals surface area contributed by atoms with Gasteiger partial charge >= 0.3 is 0 Å². The quantitative estimate of drug-likeness (QED) is 0.898. The van der Waals surface area contributed by atoms with Gasteiger partial charge in [-0.15, -0.1) is 0 Å². The van der Waals surface area contributed by atoms with Gasteiger partial charge in [0.15, 0.2) is 0 Å². The molecule has 0 radical (unpaired) electrons. The lowest BCUT2D eigenvalue weighted by Crippen LogP contribution is -2.45. The fourth-order valence-corrected chi connectivity index (χ4v) is 3.48. The van der Waals surface area contributed by atoms with Crippen molar-refractivity contribution in [2.75, 3.05) is 24.3 Å². The van der Waals surface area contributed by atoms with E-state index in [0.717, 1.165) is 36.2 Å². The van der Waals surface area contributed by atoms with Crippen LogP contribution < -0.4 is 10.2 Å². The van der Waals surface area contributed by atoms with Crippen LogP contribution in [0.15, 0.2) is 48.5 Å². The molecule has 0 atom stereocenters. The maximum absolute atomic E-state index is 12.9. The molecular formula is C19H21ClN2O. The maximum atomic E-state index is 12.9. The number of anilines is 2. The average molecular weight is 329 g/mol. The van der Waals surface area contributed by atoms with Crippen molar-refractivity contribution in [2.45, 2.75) is 24.7 Å². The van der Waals surface area contributed by atoms with E-state index in [1.807, 2.05) is 67.5 Å². The minimum atomic E-state index is -0.395. The van der Waals surface area contributed by atoms with Gasteiger partial charge in [0, 0.05) is 19.8 Å². The van der Waals surface area contributed by atoms with Crippen molar-refractivity contribution >= 4 is 28.9 Å². The number of hydrogen-bond acceptors (Lipinski definition) is 2. The van der Waals surface area contributed by atoms with E-state index in [0.29, 0.717) is 5.02 Å². The van der Waals surface area contributed by atoms with Crippen LogP contribution in [-0.4, -0.2) is 20.0 Å². The molecule has 1 aliphatic carbocycles. The van der Waals surface area contributed by atoms with Gasteiger partial charge < -0.3 is 10.2 Å². The van der Waals surface area contributed by atoms with Crippen molar-refractivity contribution < 1.29 is 4.79 Å². The molecule has 0 saturated heterocycles. The summed E-state index contributed by atoms with van der Waals surface area (Å²) in [6, 6.07) is 15.7. The number of carbonyl (C=O) groups excluding carboxylic acids is 1. The molecule has 2 aromatic rings. The molecule has 1 N–H and O–H groups in total. The summed E-state index contributed by atoms with van der Waals surface area (Å²) in [7, 11) is 3.89. The Kier molecular flexibility index (Phi) is 4.31. The third-order valence-electron chi connectivity index (χ3n) is 4.66. The van der Waals surface area contributed by atoms with Gasteiger partial charge in [0.2, 0.25) is 5.91 Å². The van der Waals surface area contributed by atoms with Crippen LogP contribution in [0, 0.1) is 0 Å². The van der Waals surface area contributed by atoms with Gasteiger partial charge in [-0.05, 0) is 36.6 Å². The van der Waals surface area contributed by atoms with E-state index < -0.39 is 5.41 Å². The second kappa shape index (κ2) is 6.25. The summed E-state index contributed by atoms with van der Waals surface area (Å²) in [5.74, 6) is 0.0589. The predicted molar refractivity (Wildman–Crippen MR) is 96.4 cm³/mol. The summed E-state index contributed by atoms with van der Waals surface area (Å²) >= 11 is 6.29. The molecule has 4 heteroatoms. The second-order valence-electron chi connectivity index (χ2n) is 6.32. The van der Waals surface area contributed by atoms with Crippen molar-refractivity contribution in [2.24, 2.45) is 0 Å². The molecule has 0 spiro atoms. The molecule has 1 amide bonds. The van der Waals surface area contributed by atoms with E-state index in [4.69, 9.17) is 11.6 Å². The molecule has 1 fully saturated rings. The molecule has 0 unspecified atom stereocenters. The van der Waals surface area contributed by atoms with Crippen molar-refractivity contribution in [3.63, 3.8) is 0 Å². The molecule has 0 aliphatic heterocycles. The average Bonchev–Trinajstić information content (AvgIpc) is 2.47.